The van der Waals surface area contributed by atoms with Crippen molar-refractivity contribution in [1.82, 2.24) is 9.97 Å². The Hall–Kier alpha value is -2.17. The summed E-state index contributed by atoms with van der Waals surface area (Å²) in [5.41, 5.74) is 2.31. The van der Waals surface area contributed by atoms with Crippen molar-refractivity contribution in [2.24, 2.45) is 0 Å². The van der Waals surface area contributed by atoms with Gasteiger partial charge in [-0.3, -0.25) is 4.79 Å². The Balaban J connectivity index is 1.81. The van der Waals surface area contributed by atoms with Crippen LogP contribution in [0.5, 0.6) is 5.88 Å². The standard InChI is InChI=1S/C18H14Cl2N2O2/c1-2-11-3-5-12(6-4-11)16(23)9-24-18-14-7-13(19)8-15(20)17(14)21-10-22-18/h3-8,10H,2,9H2,1H3. The number of hydrogen-bond donors (Lipinski definition) is 0. The van der Waals surface area contributed by atoms with Crippen LogP contribution in [0.4, 0.5) is 0 Å². The van der Waals surface area contributed by atoms with Gasteiger partial charge in [0, 0.05) is 10.6 Å². The van der Waals surface area contributed by atoms with E-state index < -0.39 is 0 Å². The lowest BCUT2D eigenvalue weighted by Crippen LogP contribution is -2.12. The lowest BCUT2D eigenvalue weighted by molar-refractivity contribution is 0.0919. The Kier molecular flexibility index (Phi) is 4.97. The molecule has 0 radical (unpaired) electrons. The number of rotatable bonds is 5. The maximum absolute atomic E-state index is 12.3. The van der Waals surface area contributed by atoms with E-state index in [1.165, 1.54) is 11.9 Å². The Morgan fingerprint density at radius 3 is 2.58 bits per heavy atom. The molecule has 0 bridgehead atoms. The number of carbonyl (C=O) groups is 1. The molecule has 1 aromatic heterocycles. The molecule has 3 aromatic rings. The number of fused-ring (bicyclic) bond motifs is 1. The highest BCUT2D eigenvalue weighted by molar-refractivity contribution is 6.38. The van der Waals surface area contributed by atoms with Crippen LogP contribution in [0.1, 0.15) is 22.8 Å². The second kappa shape index (κ2) is 7.16. The van der Waals surface area contributed by atoms with Crippen LogP contribution < -0.4 is 4.74 Å². The van der Waals surface area contributed by atoms with Gasteiger partial charge in [-0.2, -0.15) is 0 Å². The minimum absolute atomic E-state index is 0.123. The summed E-state index contributed by atoms with van der Waals surface area (Å²) in [6.45, 7) is 1.94. The number of Topliss-reactive ketones (excluding diaryl/α,β-unsaturated/α-hetero) is 1. The molecule has 24 heavy (non-hydrogen) atoms. The van der Waals surface area contributed by atoms with Gasteiger partial charge in [0.05, 0.1) is 15.9 Å². The smallest absolute Gasteiger partial charge is 0.225 e. The van der Waals surface area contributed by atoms with Crippen molar-refractivity contribution in [2.75, 3.05) is 6.61 Å². The molecule has 1 heterocycles. The molecule has 0 atom stereocenters. The van der Waals surface area contributed by atoms with Crippen molar-refractivity contribution in [3.05, 3.63) is 63.9 Å². The highest BCUT2D eigenvalue weighted by Crippen LogP contribution is 2.30. The fourth-order valence-electron chi connectivity index (χ4n) is 2.33. The molecule has 4 nitrogen and oxygen atoms in total. The number of ether oxygens (including phenoxy) is 1. The van der Waals surface area contributed by atoms with Crippen LogP contribution >= 0.6 is 23.2 Å². The van der Waals surface area contributed by atoms with Gasteiger partial charge in [0.1, 0.15) is 6.33 Å². The van der Waals surface area contributed by atoms with E-state index in [4.69, 9.17) is 27.9 Å². The molecule has 0 unspecified atom stereocenters. The minimum Gasteiger partial charge on any atom is -0.469 e. The average molecular weight is 361 g/mol. The maximum atomic E-state index is 12.3. The van der Waals surface area contributed by atoms with Crippen molar-refractivity contribution in [3.8, 4) is 5.88 Å². The van der Waals surface area contributed by atoms with Gasteiger partial charge in [0.2, 0.25) is 5.88 Å². The maximum Gasteiger partial charge on any atom is 0.225 e. The monoisotopic (exact) mass is 360 g/mol. The van der Waals surface area contributed by atoms with Gasteiger partial charge in [-0.05, 0) is 24.1 Å². The molecule has 0 saturated heterocycles. The number of benzene rings is 2. The Morgan fingerprint density at radius 2 is 1.88 bits per heavy atom. The van der Waals surface area contributed by atoms with E-state index in [-0.39, 0.29) is 18.3 Å². The van der Waals surface area contributed by atoms with Gasteiger partial charge < -0.3 is 4.74 Å². The third-order valence-corrected chi connectivity index (χ3v) is 4.15. The first kappa shape index (κ1) is 16.7. The first-order valence-corrected chi connectivity index (χ1v) is 8.18. The largest absolute Gasteiger partial charge is 0.469 e. The molecular weight excluding hydrogens is 347 g/mol. The predicted octanol–water partition coefficient (Wildman–Crippen LogP) is 4.76. The molecule has 0 N–H and O–H groups in total. The van der Waals surface area contributed by atoms with Gasteiger partial charge in [0.15, 0.2) is 12.4 Å². The summed E-state index contributed by atoms with van der Waals surface area (Å²) in [5.74, 6) is 0.153. The number of aryl methyl sites for hydroxylation is 1. The molecular formula is C18H14Cl2N2O2. The second-order valence-electron chi connectivity index (χ2n) is 5.22. The predicted molar refractivity (Wildman–Crippen MR) is 95.2 cm³/mol. The van der Waals surface area contributed by atoms with Crippen molar-refractivity contribution in [1.29, 1.82) is 0 Å². The summed E-state index contributed by atoms with van der Waals surface area (Å²) in [6, 6.07) is 10.7. The van der Waals surface area contributed by atoms with E-state index in [0.717, 1.165) is 6.42 Å². The highest BCUT2D eigenvalue weighted by atomic mass is 35.5. The normalized spacial score (nSPS) is 10.8. The number of nitrogens with zero attached hydrogens (tertiary/aromatic N) is 2. The van der Waals surface area contributed by atoms with Crippen LogP contribution in [0.25, 0.3) is 10.9 Å². The van der Waals surface area contributed by atoms with Crippen LogP contribution in [0.3, 0.4) is 0 Å². The number of aromatic nitrogens is 2. The first-order valence-electron chi connectivity index (χ1n) is 7.43. The van der Waals surface area contributed by atoms with Crippen LogP contribution in [0.2, 0.25) is 10.0 Å². The first-order chi connectivity index (χ1) is 11.6. The molecule has 6 heteroatoms. The topological polar surface area (TPSA) is 52.1 Å². The lowest BCUT2D eigenvalue weighted by atomic mass is 10.1. The zero-order valence-corrected chi connectivity index (χ0v) is 14.4. The Morgan fingerprint density at radius 1 is 1.12 bits per heavy atom. The SMILES string of the molecule is CCc1ccc(C(=O)COc2ncnc3c(Cl)cc(Cl)cc23)cc1. The number of ketones is 1. The molecule has 0 saturated carbocycles. The second-order valence-corrected chi connectivity index (χ2v) is 6.07. The quantitative estimate of drug-likeness (QED) is 0.615. The van der Waals surface area contributed by atoms with Gasteiger partial charge in [-0.15, -0.1) is 0 Å². The van der Waals surface area contributed by atoms with Crippen molar-refractivity contribution in [3.63, 3.8) is 0 Å². The minimum atomic E-state index is -0.127. The molecule has 0 fully saturated rings. The van der Waals surface area contributed by atoms with E-state index in [1.807, 2.05) is 12.1 Å². The Bertz CT molecular complexity index is 895. The molecule has 122 valence electrons. The molecule has 0 aliphatic heterocycles. The molecule has 0 amide bonds. The van der Waals surface area contributed by atoms with Gasteiger partial charge in [0.25, 0.3) is 0 Å². The van der Waals surface area contributed by atoms with E-state index in [9.17, 15) is 4.79 Å². The van der Waals surface area contributed by atoms with Crippen molar-refractivity contribution >= 4 is 39.9 Å². The zero-order valence-electron chi connectivity index (χ0n) is 12.9. The van der Waals surface area contributed by atoms with Gasteiger partial charge >= 0.3 is 0 Å². The Labute approximate surface area is 149 Å². The van der Waals surface area contributed by atoms with E-state index in [0.29, 0.717) is 26.5 Å². The number of carbonyl (C=O) groups excluding carboxylic acids is 1. The van der Waals surface area contributed by atoms with Crippen molar-refractivity contribution < 1.29 is 9.53 Å². The molecule has 0 spiro atoms. The summed E-state index contributed by atoms with van der Waals surface area (Å²) >= 11 is 12.1. The van der Waals surface area contributed by atoms with Crippen molar-refractivity contribution in [2.45, 2.75) is 13.3 Å². The third-order valence-electron chi connectivity index (χ3n) is 3.64. The zero-order chi connectivity index (χ0) is 17.1. The molecule has 3 rings (SSSR count). The van der Waals surface area contributed by atoms with Gasteiger partial charge in [-0.1, -0.05) is 54.4 Å². The van der Waals surface area contributed by atoms with E-state index in [2.05, 4.69) is 16.9 Å². The highest BCUT2D eigenvalue weighted by Gasteiger charge is 2.12. The summed E-state index contributed by atoms with van der Waals surface area (Å²) in [5, 5.41) is 1.43. The van der Waals surface area contributed by atoms with Crippen LogP contribution in [0.15, 0.2) is 42.7 Å². The van der Waals surface area contributed by atoms with Gasteiger partial charge in [-0.25, -0.2) is 9.97 Å². The fourth-order valence-corrected chi connectivity index (χ4v) is 2.87. The summed E-state index contributed by atoms with van der Waals surface area (Å²) < 4.78 is 5.58. The van der Waals surface area contributed by atoms with E-state index >= 15 is 0 Å². The summed E-state index contributed by atoms with van der Waals surface area (Å²) in [7, 11) is 0. The van der Waals surface area contributed by atoms with Crippen LogP contribution in [-0.2, 0) is 6.42 Å². The van der Waals surface area contributed by atoms with E-state index in [1.54, 1.807) is 24.3 Å². The molecule has 2 aromatic carbocycles. The third kappa shape index (κ3) is 3.50. The number of hydrogen-bond acceptors (Lipinski definition) is 4. The average Bonchev–Trinajstić information content (AvgIpc) is 2.59. The summed E-state index contributed by atoms with van der Waals surface area (Å²) in [6.07, 6.45) is 2.28. The number of halogens is 2. The molecule has 0 aliphatic rings. The summed E-state index contributed by atoms with van der Waals surface area (Å²) in [4.78, 5) is 20.5. The van der Waals surface area contributed by atoms with Crippen LogP contribution in [-0.4, -0.2) is 22.4 Å². The van der Waals surface area contributed by atoms with Crippen LogP contribution in [0, 0.1) is 0 Å². The molecule has 0 aliphatic carbocycles. The lowest BCUT2D eigenvalue weighted by Gasteiger charge is -2.08. The fraction of sp³-hybridized carbons (Fsp3) is 0.167.